The molecule has 0 spiro atoms. The Hall–Kier alpha value is -5.12. The second-order valence-electron chi connectivity index (χ2n) is 13.2. The van der Waals surface area contributed by atoms with Crippen molar-refractivity contribution < 1.29 is 0 Å². The van der Waals surface area contributed by atoms with Gasteiger partial charge in [0.15, 0.2) is 0 Å². The average Bonchev–Trinajstić information content (AvgIpc) is 3.36. The third kappa shape index (κ3) is 5.19. The lowest BCUT2D eigenvalue weighted by Crippen LogP contribution is -2.43. The van der Waals surface area contributed by atoms with Crippen LogP contribution in [0.25, 0.3) is 22.3 Å². The van der Waals surface area contributed by atoms with Crippen LogP contribution in [0.2, 0.25) is 0 Å². The summed E-state index contributed by atoms with van der Waals surface area (Å²) in [5.41, 5.74) is 12.8. The number of allylic oxidation sites excluding steroid dienone is 1. The summed E-state index contributed by atoms with van der Waals surface area (Å²) in [6, 6.07) is 56.5. The second-order valence-corrected chi connectivity index (χ2v) is 14.2. The molecule has 0 amide bonds. The van der Waals surface area contributed by atoms with Crippen molar-refractivity contribution in [1.82, 2.24) is 0 Å². The minimum absolute atomic E-state index is 0.0610. The molecule has 3 heteroatoms. The van der Waals surface area contributed by atoms with Crippen LogP contribution >= 0.6 is 15.9 Å². The van der Waals surface area contributed by atoms with Crippen molar-refractivity contribution in [1.29, 1.82) is 0 Å². The number of nitrogens with one attached hydrogen (secondary N) is 1. The first-order valence-corrected chi connectivity index (χ1v) is 17.5. The third-order valence-electron chi connectivity index (χ3n) is 9.96. The highest BCUT2D eigenvalue weighted by Gasteiger charge is 2.40. The lowest BCUT2D eigenvalue weighted by atomic mass is 9.81. The fraction of sp³-hybridized carbons (Fsp3) is 0.111. The lowest BCUT2D eigenvalue weighted by Gasteiger charge is -2.41. The Balaban J connectivity index is 1.21. The average molecular weight is 686 g/mol. The van der Waals surface area contributed by atoms with Gasteiger partial charge in [0.2, 0.25) is 0 Å². The number of alkyl halides is 1. The van der Waals surface area contributed by atoms with Gasteiger partial charge in [-0.15, -0.1) is 0 Å². The number of nitrogens with zero attached hydrogens (tertiary/aromatic N) is 1. The molecule has 1 N–H and O–H groups in total. The van der Waals surface area contributed by atoms with Crippen LogP contribution < -0.4 is 10.2 Å². The topological polar surface area (TPSA) is 15.3 Å². The van der Waals surface area contributed by atoms with E-state index in [2.05, 4.69) is 216 Å². The zero-order valence-corrected chi connectivity index (χ0v) is 28.7. The van der Waals surface area contributed by atoms with E-state index in [-0.39, 0.29) is 10.2 Å². The molecule has 6 aromatic rings. The summed E-state index contributed by atoms with van der Waals surface area (Å²) in [7, 11) is 0. The van der Waals surface area contributed by atoms with Gasteiger partial charge >= 0.3 is 0 Å². The predicted octanol–water partition coefficient (Wildman–Crippen LogP) is 12.0. The van der Waals surface area contributed by atoms with Gasteiger partial charge in [-0.25, -0.2) is 0 Å². The van der Waals surface area contributed by atoms with E-state index >= 15 is 0 Å². The van der Waals surface area contributed by atoms with E-state index in [0.29, 0.717) is 0 Å². The van der Waals surface area contributed by atoms with Crippen LogP contribution in [0, 0.1) is 0 Å². The highest BCUT2D eigenvalue weighted by atomic mass is 79.9. The van der Waals surface area contributed by atoms with E-state index in [4.69, 9.17) is 0 Å². The van der Waals surface area contributed by atoms with Crippen LogP contribution in [0.5, 0.6) is 0 Å². The number of halogens is 1. The Kier molecular flexibility index (Phi) is 7.66. The van der Waals surface area contributed by atoms with Gasteiger partial charge < -0.3 is 10.2 Å². The first kappa shape index (κ1) is 30.2. The van der Waals surface area contributed by atoms with Gasteiger partial charge in [-0.05, 0) is 87.5 Å². The van der Waals surface area contributed by atoms with Gasteiger partial charge in [-0.1, -0.05) is 157 Å². The lowest BCUT2D eigenvalue weighted by molar-refractivity contribution is 0.634. The molecule has 0 aliphatic heterocycles. The van der Waals surface area contributed by atoms with E-state index in [1.807, 2.05) is 0 Å². The maximum Gasteiger partial charge on any atom is 0.0976 e. The monoisotopic (exact) mass is 684 g/mol. The molecule has 2 unspecified atom stereocenters. The molecule has 0 heterocycles. The number of para-hydroxylation sites is 2. The summed E-state index contributed by atoms with van der Waals surface area (Å²) >= 11 is 4.19. The van der Waals surface area contributed by atoms with Crippen molar-refractivity contribution in [2.75, 3.05) is 10.2 Å². The van der Waals surface area contributed by atoms with Gasteiger partial charge in [0.1, 0.15) is 0 Å². The molecule has 0 fully saturated rings. The normalized spacial score (nSPS) is 18.8. The van der Waals surface area contributed by atoms with Crippen LogP contribution in [0.1, 0.15) is 30.5 Å². The standard InChI is InChI=1S/C45H37BrN2/c1-44(2)41-21-13-12-20-39(41)40-27-26-37(30-42(40)44)48(36-18-10-5-11-19-36)38-28-29-45(43(46)31-38,47-35-16-8-4-9-17-35)34-24-22-33(23-25-34)32-14-6-3-7-15-32/h3-31,43,47H,1-2H3. The fourth-order valence-corrected chi connectivity index (χ4v) is 8.22. The molecule has 234 valence electrons. The maximum absolute atomic E-state index is 4.19. The number of hydrogen-bond donors (Lipinski definition) is 1. The van der Waals surface area contributed by atoms with Gasteiger partial charge in [-0.2, -0.15) is 0 Å². The van der Waals surface area contributed by atoms with Crippen molar-refractivity contribution in [3.05, 3.63) is 198 Å². The van der Waals surface area contributed by atoms with Gasteiger partial charge in [-0.3, -0.25) is 0 Å². The Bertz CT molecular complexity index is 2130. The predicted molar refractivity (Wildman–Crippen MR) is 206 cm³/mol. The summed E-state index contributed by atoms with van der Waals surface area (Å²) < 4.78 is 0. The molecule has 48 heavy (non-hydrogen) atoms. The van der Waals surface area contributed by atoms with E-state index in [1.54, 1.807) is 0 Å². The molecule has 2 atom stereocenters. The Morgan fingerprint density at radius 1 is 0.583 bits per heavy atom. The van der Waals surface area contributed by atoms with E-state index in [9.17, 15) is 0 Å². The van der Waals surface area contributed by atoms with Crippen LogP contribution in [-0.4, -0.2) is 4.83 Å². The number of benzene rings is 6. The third-order valence-corrected chi connectivity index (χ3v) is 10.9. The van der Waals surface area contributed by atoms with E-state index in [0.717, 1.165) is 22.8 Å². The molecule has 0 bridgehead atoms. The molecule has 0 saturated heterocycles. The molecule has 2 nitrogen and oxygen atoms in total. The van der Waals surface area contributed by atoms with Crippen LogP contribution in [0.4, 0.5) is 17.1 Å². The van der Waals surface area contributed by atoms with Crippen molar-refractivity contribution in [3.8, 4) is 22.3 Å². The molecule has 2 aliphatic carbocycles. The number of fused-ring (bicyclic) bond motifs is 3. The van der Waals surface area contributed by atoms with Gasteiger partial charge in [0, 0.05) is 28.2 Å². The minimum Gasteiger partial charge on any atom is -0.371 e. The Morgan fingerprint density at radius 2 is 1.19 bits per heavy atom. The highest BCUT2D eigenvalue weighted by molar-refractivity contribution is 9.09. The molecule has 0 saturated carbocycles. The molecule has 2 aliphatic rings. The molecule has 0 radical (unpaired) electrons. The summed E-state index contributed by atoms with van der Waals surface area (Å²) in [4.78, 5) is 2.32. The largest absolute Gasteiger partial charge is 0.371 e. The minimum atomic E-state index is -0.524. The molecule has 8 rings (SSSR count). The SMILES string of the molecule is CC1(C)c2ccccc2-c2ccc(N(C3=CC(Br)C(Nc4ccccc4)(c4ccc(-c5ccccc5)cc4)C=C3)c3ccccc3)cc21. The molecule has 6 aromatic carbocycles. The number of hydrogen-bond acceptors (Lipinski definition) is 2. The summed E-state index contributed by atoms with van der Waals surface area (Å²) in [6.07, 6.45) is 6.95. The molecule has 0 aromatic heterocycles. The summed E-state index contributed by atoms with van der Waals surface area (Å²) in [6.45, 7) is 4.69. The number of rotatable bonds is 7. The van der Waals surface area contributed by atoms with Crippen LogP contribution in [0.15, 0.2) is 182 Å². The molecular formula is C45H37BrN2. The van der Waals surface area contributed by atoms with Crippen molar-refractivity contribution >= 4 is 33.0 Å². The van der Waals surface area contributed by atoms with Crippen LogP contribution in [0.3, 0.4) is 0 Å². The van der Waals surface area contributed by atoms with Crippen LogP contribution in [-0.2, 0) is 11.0 Å². The Labute approximate surface area is 292 Å². The zero-order valence-electron chi connectivity index (χ0n) is 27.1. The van der Waals surface area contributed by atoms with Crippen molar-refractivity contribution in [2.45, 2.75) is 29.6 Å². The first-order chi connectivity index (χ1) is 23.4. The van der Waals surface area contributed by atoms with Crippen molar-refractivity contribution in [3.63, 3.8) is 0 Å². The number of anilines is 3. The summed E-state index contributed by atoms with van der Waals surface area (Å²) in [5.74, 6) is 0. The quantitative estimate of drug-likeness (QED) is 0.168. The van der Waals surface area contributed by atoms with E-state index in [1.165, 1.54) is 38.9 Å². The maximum atomic E-state index is 4.19. The van der Waals surface area contributed by atoms with Gasteiger partial charge in [0.05, 0.1) is 10.4 Å². The van der Waals surface area contributed by atoms with Crippen molar-refractivity contribution in [2.24, 2.45) is 0 Å². The highest BCUT2D eigenvalue weighted by Crippen LogP contribution is 2.50. The Morgan fingerprint density at radius 3 is 1.90 bits per heavy atom. The fourth-order valence-electron chi connectivity index (χ4n) is 7.42. The first-order valence-electron chi connectivity index (χ1n) is 16.6. The van der Waals surface area contributed by atoms with Gasteiger partial charge in [0.25, 0.3) is 0 Å². The second kappa shape index (κ2) is 12.2. The molecular weight excluding hydrogens is 648 g/mol. The summed E-state index contributed by atoms with van der Waals surface area (Å²) in [5, 5.41) is 3.92. The van der Waals surface area contributed by atoms with E-state index < -0.39 is 5.54 Å². The smallest absolute Gasteiger partial charge is 0.0976 e. The zero-order chi connectivity index (χ0) is 32.7.